The number of rotatable bonds is 5. The molecule has 0 aromatic heterocycles. The maximum Gasteiger partial charge on any atom is 0.331 e. The topological polar surface area (TPSA) is 75.7 Å². The summed E-state index contributed by atoms with van der Waals surface area (Å²) in [5, 5.41) is 2.31. The summed E-state index contributed by atoms with van der Waals surface area (Å²) in [6, 6.07) is 4.63. The zero-order valence-corrected chi connectivity index (χ0v) is 17.8. The highest BCUT2D eigenvalue weighted by Crippen LogP contribution is 2.30. The fourth-order valence-corrected chi connectivity index (χ4v) is 4.00. The maximum absolute atomic E-state index is 12.9. The van der Waals surface area contributed by atoms with Crippen LogP contribution in [0.4, 0.5) is 4.79 Å². The Hall–Kier alpha value is -2.15. The lowest BCUT2D eigenvalue weighted by molar-refractivity contribution is -0.132. The first-order valence-corrected chi connectivity index (χ1v) is 10.6. The molecule has 1 N–H and O–H groups in total. The number of barbiturate groups is 1. The molecule has 6 nitrogen and oxygen atoms in total. The largest absolute Gasteiger partial charge is 0.490 e. The van der Waals surface area contributed by atoms with Crippen molar-refractivity contribution >= 4 is 39.9 Å². The molecule has 150 valence electrons. The van der Waals surface area contributed by atoms with E-state index in [1.807, 2.05) is 13.8 Å². The van der Waals surface area contributed by atoms with Crippen LogP contribution in [0, 0.1) is 0 Å². The summed E-state index contributed by atoms with van der Waals surface area (Å²) in [7, 11) is 0. The highest BCUT2D eigenvalue weighted by molar-refractivity contribution is 9.10. The van der Waals surface area contributed by atoms with Crippen molar-refractivity contribution in [3.8, 4) is 5.75 Å². The molecule has 4 amide bonds. The van der Waals surface area contributed by atoms with E-state index in [1.54, 1.807) is 18.2 Å². The summed E-state index contributed by atoms with van der Waals surface area (Å²) in [6.07, 6.45) is 7.15. The lowest BCUT2D eigenvalue weighted by Crippen LogP contribution is -2.58. The summed E-state index contributed by atoms with van der Waals surface area (Å²) in [5.41, 5.74) is 0.660. The van der Waals surface area contributed by atoms with Gasteiger partial charge in [-0.05, 0) is 65.9 Å². The zero-order valence-electron chi connectivity index (χ0n) is 16.2. The lowest BCUT2D eigenvalue weighted by atomic mass is 9.93. The highest BCUT2D eigenvalue weighted by Gasteiger charge is 2.40. The van der Waals surface area contributed by atoms with E-state index in [2.05, 4.69) is 21.2 Å². The SMILES string of the molecule is CCC(C)Oc1ccc(C=C2C(=O)NC(=O)N(C3CCCCC3)C2=O)cc1Br. The van der Waals surface area contributed by atoms with Crippen molar-refractivity contribution in [1.29, 1.82) is 0 Å². The van der Waals surface area contributed by atoms with Crippen LogP contribution in [0.1, 0.15) is 57.9 Å². The molecule has 1 unspecified atom stereocenters. The van der Waals surface area contributed by atoms with Gasteiger partial charge >= 0.3 is 6.03 Å². The monoisotopic (exact) mass is 448 g/mol. The molecule has 0 bridgehead atoms. The van der Waals surface area contributed by atoms with Gasteiger partial charge < -0.3 is 4.74 Å². The van der Waals surface area contributed by atoms with E-state index < -0.39 is 17.8 Å². The Kier molecular flexibility index (Phi) is 6.54. The molecule has 1 aromatic carbocycles. The predicted molar refractivity (Wildman–Crippen MR) is 110 cm³/mol. The second-order valence-electron chi connectivity index (χ2n) is 7.31. The van der Waals surface area contributed by atoms with Crippen LogP contribution in [0.15, 0.2) is 28.2 Å². The fraction of sp³-hybridized carbons (Fsp3) is 0.476. The van der Waals surface area contributed by atoms with Crippen LogP contribution < -0.4 is 10.1 Å². The number of nitrogens with zero attached hydrogens (tertiary/aromatic N) is 1. The van der Waals surface area contributed by atoms with Gasteiger partial charge in [0.15, 0.2) is 0 Å². The Balaban J connectivity index is 1.85. The van der Waals surface area contributed by atoms with Gasteiger partial charge in [0.05, 0.1) is 10.6 Å². The molecule has 2 aliphatic rings. The van der Waals surface area contributed by atoms with E-state index in [-0.39, 0.29) is 17.7 Å². The van der Waals surface area contributed by atoms with Crippen LogP contribution >= 0.6 is 15.9 Å². The molecule has 28 heavy (non-hydrogen) atoms. The van der Waals surface area contributed by atoms with Crippen LogP contribution in [0.5, 0.6) is 5.75 Å². The van der Waals surface area contributed by atoms with Gasteiger partial charge in [-0.3, -0.25) is 19.8 Å². The third kappa shape index (κ3) is 4.46. The van der Waals surface area contributed by atoms with Crippen molar-refractivity contribution in [1.82, 2.24) is 10.2 Å². The van der Waals surface area contributed by atoms with Crippen LogP contribution in [0.25, 0.3) is 6.08 Å². The Morgan fingerprint density at radius 2 is 1.96 bits per heavy atom. The molecule has 0 spiro atoms. The molecule has 1 saturated heterocycles. The van der Waals surface area contributed by atoms with Crippen LogP contribution in [-0.2, 0) is 9.59 Å². The van der Waals surface area contributed by atoms with Gasteiger partial charge in [-0.15, -0.1) is 0 Å². The summed E-state index contributed by atoms with van der Waals surface area (Å²) < 4.78 is 6.57. The van der Waals surface area contributed by atoms with Crippen LogP contribution in [-0.4, -0.2) is 34.9 Å². The molecule has 2 fully saturated rings. The number of halogens is 1. The highest BCUT2D eigenvalue weighted by atomic mass is 79.9. The van der Waals surface area contributed by atoms with Crippen molar-refractivity contribution in [2.45, 2.75) is 64.5 Å². The summed E-state index contributed by atoms with van der Waals surface area (Å²) in [4.78, 5) is 38.7. The maximum atomic E-state index is 12.9. The molecule has 0 radical (unpaired) electrons. The molecule has 7 heteroatoms. The minimum Gasteiger partial charge on any atom is -0.490 e. The van der Waals surface area contributed by atoms with Gasteiger partial charge in [0.1, 0.15) is 11.3 Å². The van der Waals surface area contributed by atoms with E-state index >= 15 is 0 Å². The van der Waals surface area contributed by atoms with Crippen molar-refractivity contribution in [2.24, 2.45) is 0 Å². The number of imide groups is 2. The van der Waals surface area contributed by atoms with Gasteiger partial charge in [-0.1, -0.05) is 32.3 Å². The first-order valence-electron chi connectivity index (χ1n) is 9.77. The Morgan fingerprint density at radius 3 is 2.61 bits per heavy atom. The average molecular weight is 449 g/mol. The van der Waals surface area contributed by atoms with Crippen LogP contribution in [0.3, 0.4) is 0 Å². The first-order chi connectivity index (χ1) is 13.4. The number of carbonyl (C=O) groups excluding carboxylic acids is 3. The minimum atomic E-state index is -0.655. The number of ether oxygens (including phenoxy) is 1. The Labute approximate surface area is 173 Å². The molecular formula is C21H25BrN2O4. The molecule has 1 atom stereocenters. The third-order valence-corrected chi connectivity index (χ3v) is 5.86. The number of nitrogens with one attached hydrogen (secondary N) is 1. The standard InChI is InChI=1S/C21H25BrN2O4/c1-3-13(2)28-18-10-9-14(12-17(18)22)11-16-19(25)23-21(27)24(20(16)26)15-7-5-4-6-8-15/h9-13,15H,3-8H2,1-2H3,(H,23,25,27). The van der Waals surface area contributed by atoms with Crippen molar-refractivity contribution in [3.05, 3.63) is 33.8 Å². The zero-order chi connectivity index (χ0) is 20.3. The van der Waals surface area contributed by atoms with E-state index in [9.17, 15) is 14.4 Å². The number of urea groups is 1. The van der Waals surface area contributed by atoms with Crippen molar-refractivity contribution < 1.29 is 19.1 Å². The number of hydrogen-bond donors (Lipinski definition) is 1. The minimum absolute atomic E-state index is 0.0207. The molecular weight excluding hydrogens is 424 g/mol. The molecule has 1 aliphatic carbocycles. The molecule has 3 rings (SSSR count). The smallest absolute Gasteiger partial charge is 0.331 e. The van der Waals surface area contributed by atoms with E-state index in [4.69, 9.17) is 4.74 Å². The first kappa shape index (κ1) is 20.6. The molecule has 1 heterocycles. The van der Waals surface area contributed by atoms with Crippen molar-refractivity contribution in [2.75, 3.05) is 0 Å². The molecule has 1 aliphatic heterocycles. The predicted octanol–water partition coefficient (Wildman–Crippen LogP) is 4.42. The van der Waals surface area contributed by atoms with Gasteiger partial charge in [-0.2, -0.15) is 0 Å². The van der Waals surface area contributed by atoms with E-state index in [0.717, 1.165) is 43.0 Å². The summed E-state index contributed by atoms with van der Waals surface area (Å²) >= 11 is 3.48. The third-order valence-electron chi connectivity index (χ3n) is 5.24. The summed E-state index contributed by atoms with van der Waals surface area (Å²) in [5.74, 6) is -0.468. The Morgan fingerprint density at radius 1 is 1.25 bits per heavy atom. The Bertz CT molecular complexity index is 815. The number of benzene rings is 1. The van der Waals surface area contributed by atoms with E-state index in [1.165, 1.54) is 11.0 Å². The quantitative estimate of drug-likeness (QED) is 0.534. The molecule has 1 aromatic rings. The van der Waals surface area contributed by atoms with Gasteiger partial charge in [0, 0.05) is 6.04 Å². The second-order valence-corrected chi connectivity index (χ2v) is 8.17. The average Bonchev–Trinajstić information content (AvgIpc) is 2.67. The number of amides is 4. The number of hydrogen-bond acceptors (Lipinski definition) is 4. The molecule has 1 saturated carbocycles. The second kappa shape index (κ2) is 8.90. The van der Waals surface area contributed by atoms with Crippen LogP contribution in [0.2, 0.25) is 0 Å². The fourth-order valence-electron chi connectivity index (χ4n) is 3.51. The number of carbonyl (C=O) groups is 3. The van der Waals surface area contributed by atoms with Gasteiger partial charge in [-0.25, -0.2) is 4.79 Å². The van der Waals surface area contributed by atoms with Gasteiger partial charge in [0.2, 0.25) is 0 Å². The summed E-state index contributed by atoms with van der Waals surface area (Å²) in [6.45, 7) is 4.04. The van der Waals surface area contributed by atoms with E-state index in [0.29, 0.717) is 11.3 Å². The lowest BCUT2D eigenvalue weighted by Gasteiger charge is -2.35. The van der Waals surface area contributed by atoms with Crippen molar-refractivity contribution in [3.63, 3.8) is 0 Å². The normalized spacial score (nSPS) is 21.0. The van der Waals surface area contributed by atoms with Gasteiger partial charge in [0.25, 0.3) is 11.8 Å².